The number of hydrogen-bond acceptors (Lipinski definition) is 3. The number of thioether (sulfide) groups is 2. The molecule has 4 heteroatoms. The first kappa shape index (κ1) is 13.4. The van der Waals surface area contributed by atoms with Crippen LogP contribution in [-0.2, 0) is 5.54 Å². The van der Waals surface area contributed by atoms with Crippen LogP contribution in [0.2, 0.25) is 0 Å². The number of benzene rings is 1. The van der Waals surface area contributed by atoms with Gasteiger partial charge < -0.3 is 4.90 Å². The van der Waals surface area contributed by atoms with Gasteiger partial charge in [-0.25, -0.2) is 0 Å². The van der Waals surface area contributed by atoms with Crippen molar-refractivity contribution < 1.29 is 0 Å². The lowest BCUT2D eigenvalue weighted by Gasteiger charge is -2.37. The predicted octanol–water partition coefficient (Wildman–Crippen LogP) is 4.81. The van der Waals surface area contributed by atoms with E-state index < -0.39 is 0 Å². The van der Waals surface area contributed by atoms with Crippen LogP contribution in [0, 0.1) is 0 Å². The van der Waals surface area contributed by atoms with Gasteiger partial charge in [0.2, 0.25) is 0 Å². The molecule has 0 unspecified atom stereocenters. The third kappa shape index (κ3) is 2.54. The second-order valence-corrected chi connectivity index (χ2v) is 7.19. The van der Waals surface area contributed by atoms with Gasteiger partial charge in [0, 0.05) is 0 Å². The summed E-state index contributed by atoms with van der Waals surface area (Å²) in [6, 6.07) is 10.7. The number of halogens is 1. The highest BCUT2D eigenvalue weighted by Gasteiger charge is 2.34. The summed E-state index contributed by atoms with van der Waals surface area (Å²) in [4.78, 5) is 2.42. The molecule has 0 N–H and O–H groups in total. The lowest BCUT2D eigenvalue weighted by Crippen LogP contribution is -2.37. The number of rotatable bonds is 3. The maximum absolute atomic E-state index is 3.73. The Bertz CT molecular complexity index is 428. The molecule has 1 nitrogen and oxygen atoms in total. The minimum atomic E-state index is 0.0184. The molecule has 0 aliphatic carbocycles. The molecule has 2 rings (SSSR count). The Kier molecular flexibility index (Phi) is 4.16. The monoisotopic (exact) mass is 329 g/mol. The SMILES string of the molecule is CSC1=C(Br)N(C(C)(C)c2ccccc2)CS1. The van der Waals surface area contributed by atoms with Gasteiger partial charge in [0.25, 0.3) is 0 Å². The second kappa shape index (κ2) is 5.29. The summed E-state index contributed by atoms with van der Waals surface area (Å²) in [6.07, 6.45) is 2.13. The molecular formula is C13H16BrNS2. The van der Waals surface area contributed by atoms with Gasteiger partial charge in [-0.3, -0.25) is 0 Å². The van der Waals surface area contributed by atoms with Crippen molar-refractivity contribution in [1.82, 2.24) is 4.90 Å². The normalized spacial score (nSPS) is 16.8. The van der Waals surface area contributed by atoms with Crippen LogP contribution >= 0.6 is 39.5 Å². The molecule has 0 fully saturated rings. The van der Waals surface area contributed by atoms with E-state index in [-0.39, 0.29) is 5.54 Å². The summed E-state index contributed by atoms with van der Waals surface area (Å²) in [5, 5.41) is 0. The molecule has 0 atom stereocenters. The van der Waals surface area contributed by atoms with Crippen LogP contribution in [0.5, 0.6) is 0 Å². The quantitative estimate of drug-likeness (QED) is 0.732. The summed E-state index contributed by atoms with van der Waals surface area (Å²) in [7, 11) is 0. The van der Waals surface area contributed by atoms with Crippen LogP contribution in [0.1, 0.15) is 19.4 Å². The van der Waals surface area contributed by atoms with E-state index in [2.05, 4.69) is 71.3 Å². The summed E-state index contributed by atoms with van der Waals surface area (Å²) < 4.78 is 2.60. The Morgan fingerprint density at radius 1 is 1.29 bits per heavy atom. The molecule has 1 aliphatic rings. The van der Waals surface area contributed by atoms with Crippen LogP contribution in [0.3, 0.4) is 0 Å². The summed E-state index contributed by atoms with van der Waals surface area (Å²) in [5.74, 6) is 1.01. The highest BCUT2D eigenvalue weighted by molar-refractivity contribution is 9.11. The molecule has 1 aliphatic heterocycles. The van der Waals surface area contributed by atoms with Gasteiger partial charge in [-0.1, -0.05) is 42.1 Å². The van der Waals surface area contributed by atoms with Crippen molar-refractivity contribution in [2.45, 2.75) is 19.4 Å². The lowest BCUT2D eigenvalue weighted by molar-refractivity contribution is 0.217. The number of hydrogen-bond donors (Lipinski definition) is 0. The largest absolute Gasteiger partial charge is 0.346 e. The van der Waals surface area contributed by atoms with Gasteiger partial charge in [0.15, 0.2) is 0 Å². The standard InChI is InChI=1S/C13H16BrNS2/c1-13(2,10-7-5-4-6-8-10)15-9-17-12(16-3)11(15)14/h4-8H,9H2,1-3H3. The fraction of sp³-hybridized carbons (Fsp3) is 0.385. The van der Waals surface area contributed by atoms with Crippen LogP contribution < -0.4 is 0 Å². The molecule has 1 heterocycles. The van der Waals surface area contributed by atoms with E-state index in [4.69, 9.17) is 0 Å². The van der Waals surface area contributed by atoms with E-state index in [0.29, 0.717) is 0 Å². The third-order valence-corrected chi connectivity index (χ3v) is 6.68. The zero-order valence-corrected chi connectivity index (χ0v) is 13.5. The molecule has 0 spiro atoms. The van der Waals surface area contributed by atoms with Crippen molar-refractivity contribution in [2.75, 3.05) is 12.1 Å². The van der Waals surface area contributed by atoms with Gasteiger partial charge in [0.1, 0.15) is 4.61 Å². The molecule has 0 bridgehead atoms. The molecule has 0 aromatic heterocycles. The van der Waals surface area contributed by atoms with E-state index in [1.165, 1.54) is 14.4 Å². The Labute approximate surface area is 120 Å². The predicted molar refractivity (Wildman–Crippen MR) is 83.2 cm³/mol. The number of nitrogens with zero attached hydrogens (tertiary/aromatic N) is 1. The van der Waals surface area contributed by atoms with Crippen LogP contribution in [-0.4, -0.2) is 17.0 Å². The fourth-order valence-corrected chi connectivity index (χ4v) is 5.30. The van der Waals surface area contributed by atoms with Crippen LogP contribution in [0.15, 0.2) is 39.2 Å². The first-order valence-corrected chi connectivity index (χ1v) is 8.47. The van der Waals surface area contributed by atoms with Crippen molar-refractivity contribution >= 4 is 39.5 Å². The van der Waals surface area contributed by atoms with Gasteiger partial charge in [0.05, 0.1) is 15.7 Å². The topological polar surface area (TPSA) is 3.24 Å². The second-order valence-electron chi connectivity index (χ2n) is 4.41. The van der Waals surface area contributed by atoms with Crippen LogP contribution in [0.25, 0.3) is 0 Å². The smallest absolute Gasteiger partial charge is 0.102 e. The van der Waals surface area contributed by atoms with Gasteiger partial charge in [-0.2, -0.15) is 0 Å². The maximum atomic E-state index is 3.73. The molecular weight excluding hydrogens is 314 g/mol. The van der Waals surface area contributed by atoms with Crippen molar-refractivity contribution in [3.05, 3.63) is 44.7 Å². The molecule has 1 aromatic rings. The molecule has 0 amide bonds. The highest BCUT2D eigenvalue weighted by atomic mass is 79.9. The van der Waals surface area contributed by atoms with Crippen molar-refractivity contribution in [2.24, 2.45) is 0 Å². The zero-order chi connectivity index (χ0) is 12.5. The van der Waals surface area contributed by atoms with E-state index in [0.717, 1.165) is 5.88 Å². The average molecular weight is 330 g/mol. The summed E-state index contributed by atoms with van der Waals surface area (Å²) in [5.41, 5.74) is 1.37. The summed E-state index contributed by atoms with van der Waals surface area (Å²) >= 11 is 7.44. The van der Waals surface area contributed by atoms with Gasteiger partial charge >= 0.3 is 0 Å². The first-order valence-electron chi connectivity index (χ1n) is 5.47. The van der Waals surface area contributed by atoms with Gasteiger partial charge in [-0.15, -0.1) is 11.8 Å². The zero-order valence-electron chi connectivity index (χ0n) is 10.2. The van der Waals surface area contributed by atoms with Crippen molar-refractivity contribution in [3.8, 4) is 0 Å². The maximum Gasteiger partial charge on any atom is 0.102 e. The first-order chi connectivity index (χ1) is 8.07. The van der Waals surface area contributed by atoms with Gasteiger partial charge in [-0.05, 0) is 41.6 Å². The summed E-state index contributed by atoms with van der Waals surface area (Å²) in [6.45, 7) is 4.54. The molecule has 0 radical (unpaired) electrons. The highest BCUT2D eigenvalue weighted by Crippen LogP contribution is 2.46. The van der Waals surface area contributed by atoms with Crippen molar-refractivity contribution in [1.29, 1.82) is 0 Å². The van der Waals surface area contributed by atoms with E-state index >= 15 is 0 Å². The van der Waals surface area contributed by atoms with E-state index in [1.807, 2.05) is 23.5 Å². The molecule has 0 saturated heterocycles. The minimum Gasteiger partial charge on any atom is -0.346 e. The van der Waals surface area contributed by atoms with Crippen LogP contribution in [0.4, 0.5) is 0 Å². The van der Waals surface area contributed by atoms with E-state index in [1.54, 1.807) is 0 Å². The van der Waals surface area contributed by atoms with E-state index in [9.17, 15) is 0 Å². The third-order valence-electron chi connectivity index (χ3n) is 3.07. The fourth-order valence-electron chi connectivity index (χ4n) is 1.90. The molecule has 17 heavy (non-hydrogen) atoms. The van der Waals surface area contributed by atoms with Crippen molar-refractivity contribution in [3.63, 3.8) is 0 Å². The minimum absolute atomic E-state index is 0.0184. The lowest BCUT2D eigenvalue weighted by atomic mass is 9.93. The Balaban J connectivity index is 2.32. The molecule has 92 valence electrons. The Hall–Kier alpha value is -0.0600. The average Bonchev–Trinajstić information content (AvgIpc) is 2.72. The Morgan fingerprint density at radius 2 is 1.94 bits per heavy atom. The Morgan fingerprint density at radius 3 is 2.47 bits per heavy atom. The molecule has 1 aromatic carbocycles. The molecule has 0 saturated carbocycles.